The van der Waals surface area contributed by atoms with E-state index in [2.05, 4.69) is 14.9 Å². The second kappa shape index (κ2) is 4.72. The molecule has 0 fully saturated rings. The van der Waals surface area contributed by atoms with Gasteiger partial charge in [0.05, 0.1) is 0 Å². The van der Waals surface area contributed by atoms with Crippen LogP contribution in [-0.4, -0.2) is 23.8 Å². The Balaban J connectivity index is 2.19. The maximum absolute atomic E-state index is 11.2. The molecule has 17 heavy (non-hydrogen) atoms. The molecule has 1 aromatic carbocycles. The molecule has 2 rings (SSSR count). The van der Waals surface area contributed by atoms with E-state index in [1.165, 1.54) is 6.39 Å². The molecule has 0 amide bonds. The van der Waals surface area contributed by atoms with Crippen molar-refractivity contribution < 1.29 is 12.8 Å². The Morgan fingerprint density at radius 2 is 2.00 bits per heavy atom. The molecule has 0 aliphatic heterocycles. The Kier molecular flexibility index (Phi) is 3.30. The Hall–Kier alpha value is -1.60. The van der Waals surface area contributed by atoms with Crippen LogP contribution in [-0.2, 0) is 10.0 Å². The average molecular weight is 274 g/mol. The first-order chi connectivity index (χ1) is 8.11. The van der Waals surface area contributed by atoms with E-state index in [0.717, 1.165) is 0 Å². The summed E-state index contributed by atoms with van der Waals surface area (Å²) >= 11 is 5.27. The topological polar surface area (TPSA) is 85.1 Å². The van der Waals surface area contributed by atoms with Crippen molar-refractivity contribution >= 4 is 27.3 Å². The van der Waals surface area contributed by atoms with Crippen molar-refractivity contribution in [1.29, 1.82) is 0 Å². The summed E-state index contributed by atoms with van der Waals surface area (Å²) in [6.07, 6.45) is 1.22. The van der Waals surface area contributed by atoms with Crippen LogP contribution < -0.4 is 4.72 Å². The van der Waals surface area contributed by atoms with Crippen LogP contribution >= 0.6 is 11.6 Å². The van der Waals surface area contributed by atoms with Crippen LogP contribution in [0.25, 0.3) is 11.5 Å². The van der Waals surface area contributed by atoms with Gasteiger partial charge < -0.3 is 4.42 Å². The maximum Gasteiger partial charge on any atom is 0.247 e. The fourth-order valence-electron chi connectivity index (χ4n) is 1.19. The van der Waals surface area contributed by atoms with E-state index in [9.17, 15) is 8.42 Å². The zero-order chi connectivity index (χ0) is 12.3. The highest BCUT2D eigenvalue weighted by Crippen LogP contribution is 2.19. The van der Waals surface area contributed by atoms with Crippen LogP contribution in [0.3, 0.4) is 0 Å². The molecular weight excluding hydrogens is 266 g/mol. The first kappa shape index (κ1) is 11.9. The minimum Gasteiger partial charge on any atom is -0.423 e. The van der Waals surface area contributed by atoms with Crippen LogP contribution in [0.2, 0.25) is 0 Å². The molecular formula is C9H8ClN3O3S. The highest BCUT2D eigenvalue weighted by molar-refractivity contribution is 7.93. The highest BCUT2D eigenvalue weighted by Gasteiger charge is 2.08. The van der Waals surface area contributed by atoms with Crippen molar-refractivity contribution in [3.63, 3.8) is 0 Å². The number of alkyl halides is 1. The zero-order valence-corrected chi connectivity index (χ0v) is 10.1. The number of hydrogen-bond donors (Lipinski definition) is 1. The van der Waals surface area contributed by atoms with Gasteiger partial charge in [-0.05, 0) is 24.3 Å². The van der Waals surface area contributed by atoms with E-state index in [4.69, 9.17) is 16.0 Å². The molecule has 0 saturated heterocycles. The van der Waals surface area contributed by atoms with Crippen molar-refractivity contribution in [3.05, 3.63) is 30.7 Å². The van der Waals surface area contributed by atoms with Gasteiger partial charge in [-0.15, -0.1) is 21.8 Å². The summed E-state index contributed by atoms with van der Waals surface area (Å²) in [6, 6.07) is 6.51. The minimum absolute atomic E-state index is 0.372. The lowest BCUT2D eigenvalue weighted by Crippen LogP contribution is -2.13. The van der Waals surface area contributed by atoms with Crippen molar-refractivity contribution in [3.8, 4) is 11.5 Å². The summed E-state index contributed by atoms with van der Waals surface area (Å²) in [6.45, 7) is 0. The third kappa shape index (κ3) is 2.95. The predicted molar refractivity (Wildman–Crippen MR) is 63.0 cm³/mol. The van der Waals surface area contributed by atoms with Crippen LogP contribution in [0.15, 0.2) is 35.1 Å². The molecule has 0 unspecified atom stereocenters. The predicted octanol–water partition coefficient (Wildman–Crippen LogP) is 1.67. The first-order valence-electron chi connectivity index (χ1n) is 4.54. The molecule has 6 nitrogen and oxygen atoms in total. The summed E-state index contributed by atoms with van der Waals surface area (Å²) in [4.78, 5) is 0. The third-order valence-corrected chi connectivity index (χ3v) is 3.60. The van der Waals surface area contributed by atoms with Gasteiger partial charge in [-0.2, -0.15) is 0 Å². The summed E-state index contributed by atoms with van der Waals surface area (Å²) in [5.74, 6) is 0.372. The van der Waals surface area contributed by atoms with Gasteiger partial charge in [-0.25, -0.2) is 8.42 Å². The first-order valence-corrected chi connectivity index (χ1v) is 6.72. The second-order valence-electron chi connectivity index (χ2n) is 3.15. The van der Waals surface area contributed by atoms with E-state index >= 15 is 0 Å². The van der Waals surface area contributed by atoms with Gasteiger partial charge in [0, 0.05) is 11.3 Å². The number of nitrogens with one attached hydrogen (secondary N) is 1. The van der Waals surface area contributed by atoms with E-state index < -0.39 is 15.2 Å². The molecule has 1 heterocycles. The standard InChI is InChI=1S/C9H8ClN3O3S/c10-5-17(14,15)13-8-3-1-7(2-4-8)9-12-11-6-16-9/h1-4,6,13H,5H2. The molecule has 0 radical (unpaired) electrons. The number of hydrogen-bond acceptors (Lipinski definition) is 5. The van der Waals surface area contributed by atoms with Crippen molar-refractivity contribution in [1.82, 2.24) is 10.2 Å². The van der Waals surface area contributed by atoms with E-state index in [-0.39, 0.29) is 0 Å². The Labute approximate surface area is 103 Å². The molecule has 2 aromatic rings. The van der Waals surface area contributed by atoms with Crippen LogP contribution in [0, 0.1) is 0 Å². The van der Waals surface area contributed by atoms with Crippen molar-refractivity contribution in [2.24, 2.45) is 0 Å². The summed E-state index contributed by atoms with van der Waals surface area (Å²) in [7, 11) is -3.48. The smallest absolute Gasteiger partial charge is 0.247 e. The normalized spacial score (nSPS) is 11.4. The summed E-state index contributed by atoms with van der Waals surface area (Å²) in [5, 5.41) is 6.79. The molecule has 0 bridgehead atoms. The third-order valence-electron chi connectivity index (χ3n) is 1.91. The van der Waals surface area contributed by atoms with Crippen LogP contribution in [0.4, 0.5) is 5.69 Å². The lowest BCUT2D eigenvalue weighted by molar-refractivity contribution is 0.568. The second-order valence-corrected chi connectivity index (χ2v) is 5.45. The SMILES string of the molecule is O=S(=O)(CCl)Nc1ccc(-c2nnco2)cc1. The van der Waals surface area contributed by atoms with Gasteiger partial charge in [-0.3, -0.25) is 4.72 Å². The molecule has 8 heteroatoms. The van der Waals surface area contributed by atoms with Gasteiger partial charge >= 0.3 is 0 Å². The number of aromatic nitrogens is 2. The Morgan fingerprint density at radius 3 is 2.53 bits per heavy atom. The summed E-state index contributed by atoms with van der Waals surface area (Å²) < 4.78 is 29.7. The number of halogens is 1. The minimum atomic E-state index is -3.48. The molecule has 0 aliphatic carbocycles. The molecule has 0 saturated carbocycles. The quantitative estimate of drug-likeness (QED) is 0.857. The van der Waals surface area contributed by atoms with Crippen molar-refractivity contribution in [2.75, 3.05) is 9.93 Å². The number of sulfonamides is 1. The molecule has 90 valence electrons. The monoisotopic (exact) mass is 273 g/mol. The lowest BCUT2D eigenvalue weighted by Gasteiger charge is -2.04. The van der Waals surface area contributed by atoms with E-state index in [1.807, 2.05) is 0 Å². The van der Waals surface area contributed by atoms with E-state index in [1.54, 1.807) is 24.3 Å². The average Bonchev–Trinajstić information content (AvgIpc) is 2.83. The molecule has 0 aliphatic rings. The van der Waals surface area contributed by atoms with Crippen LogP contribution in [0.1, 0.15) is 0 Å². The summed E-state index contributed by atoms with van der Waals surface area (Å²) in [5.41, 5.74) is 1.13. The van der Waals surface area contributed by atoms with E-state index in [0.29, 0.717) is 17.1 Å². The molecule has 1 N–H and O–H groups in total. The zero-order valence-electron chi connectivity index (χ0n) is 8.50. The van der Waals surface area contributed by atoms with Gasteiger partial charge in [0.2, 0.25) is 22.3 Å². The van der Waals surface area contributed by atoms with Gasteiger partial charge in [0.25, 0.3) is 0 Å². The highest BCUT2D eigenvalue weighted by atomic mass is 35.5. The lowest BCUT2D eigenvalue weighted by atomic mass is 10.2. The fraction of sp³-hybridized carbons (Fsp3) is 0.111. The van der Waals surface area contributed by atoms with Crippen molar-refractivity contribution in [2.45, 2.75) is 0 Å². The molecule has 0 spiro atoms. The van der Waals surface area contributed by atoms with Crippen LogP contribution in [0.5, 0.6) is 0 Å². The number of benzene rings is 1. The molecule has 1 aromatic heterocycles. The van der Waals surface area contributed by atoms with Gasteiger partial charge in [-0.1, -0.05) is 0 Å². The fourth-order valence-corrected chi connectivity index (χ4v) is 1.90. The van der Waals surface area contributed by atoms with Gasteiger partial charge in [0.15, 0.2) is 0 Å². The number of rotatable bonds is 4. The number of anilines is 1. The van der Waals surface area contributed by atoms with Gasteiger partial charge in [0.1, 0.15) is 5.21 Å². The molecule has 0 atom stereocenters. The number of nitrogens with zero attached hydrogens (tertiary/aromatic N) is 2. The maximum atomic E-state index is 11.2. The largest absolute Gasteiger partial charge is 0.423 e. The Bertz CT molecular complexity index is 580. The Morgan fingerprint density at radius 1 is 1.29 bits per heavy atom.